The number of para-hydroxylation sites is 1. The van der Waals surface area contributed by atoms with Gasteiger partial charge < -0.3 is 26.1 Å². The van der Waals surface area contributed by atoms with Crippen molar-refractivity contribution in [3.8, 4) is 0 Å². The van der Waals surface area contributed by atoms with Gasteiger partial charge in [0.25, 0.3) is 0 Å². The van der Waals surface area contributed by atoms with E-state index in [4.69, 9.17) is 10.5 Å². The summed E-state index contributed by atoms with van der Waals surface area (Å²) in [6.07, 6.45) is 4.10. The van der Waals surface area contributed by atoms with Crippen LogP contribution in [0.15, 0.2) is 30.5 Å². The van der Waals surface area contributed by atoms with Gasteiger partial charge in [-0.2, -0.15) is 0 Å². The number of unbranched alkanes of at least 4 members (excludes halogenated alkanes) is 1. The number of hydrogen-bond acceptors (Lipinski definition) is 5. The third kappa shape index (κ3) is 6.57. The zero-order valence-corrected chi connectivity index (χ0v) is 18.7. The Kier molecular flexibility index (Phi) is 8.43. The van der Waals surface area contributed by atoms with E-state index in [-0.39, 0.29) is 11.8 Å². The van der Waals surface area contributed by atoms with Crippen molar-refractivity contribution in [2.45, 2.75) is 70.6 Å². The Balaban J connectivity index is 2.08. The molecule has 0 aliphatic heterocycles. The maximum absolute atomic E-state index is 12.9. The normalized spacial score (nSPS) is 14.9. The summed E-state index contributed by atoms with van der Waals surface area (Å²) in [5.74, 6) is -0.991. The fraction of sp³-hybridized carbons (Fsp3) is 0.565. The molecule has 0 fully saturated rings. The number of fused-ring (bicyclic) bond motifs is 1. The number of amides is 1. The molecule has 1 heterocycles. The van der Waals surface area contributed by atoms with E-state index in [2.05, 4.69) is 15.6 Å². The lowest BCUT2D eigenvalue weighted by atomic mass is 9.92. The first-order valence-corrected chi connectivity index (χ1v) is 10.6. The molecular weight excluding hydrogens is 380 g/mol. The molecule has 1 aromatic carbocycles. The van der Waals surface area contributed by atoms with Crippen LogP contribution in [-0.4, -0.2) is 48.1 Å². The van der Waals surface area contributed by atoms with Gasteiger partial charge in [-0.25, -0.2) is 4.79 Å². The van der Waals surface area contributed by atoms with E-state index >= 15 is 0 Å². The molecule has 0 aliphatic rings. The van der Waals surface area contributed by atoms with E-state index in [0.717, 1.165) is 35.9 Å². The van der Waals surface area contributed by atoms with Gasteiger partial charge in [-0.05, 0) is 65.3 Å². The monoisotopic (exact) mass is 416 g/mol. The first-order valence-electron chi connectivity index (χ1n) is 10.6. The van der Waals surface area contributed by atoms with Crippen molar-refractivity contribution < 1.29 is 14.3 Å². The summed E-state index contributed by atoms with van der Waals surface area (Å²) < 4.78 is 5.51. The highest BCUT2D eigenvalue weighted by Gasteiger charge is 2.30. The van der Waals surface area contributed by atoms with Crippen LogP contribution >= 0.6 is 0 Å². The van der Waals surface area contributed by atoms with E-state index in [1.165, 1.54) is 0 Å². The van der Waals surface area contributed by atoms with Crippen LogP contribution in [0.2, 0.25) is 0 Å². The lowest BCUT2D eigenvalue weighted by molar-refractivity contribution is -0.159. The molecule has 0 saturated heterocycles. The van der Waals surface area contributed by atoms with E-state index in [0.29, 0.717) is 6.42 Å². The lowest BCUT2D eigenvalue weighted by Crippen LogP contribution is -2.51. The fourth-order valence-corrected chi connectivity index (χ4v) is 3.43. The van der Waals surface area contributed by atoms with Gasteiger partial charge in [-0.3, -0.25) is 4.79 Å². The van der Waals surface area contributed by atoms with Gasteiger partial charge in [0.2, 0.25) is 5.91 Å². The second-order valence-electron chi connectivity index (χ2n) is 8.80. The van der Waals surface area contributed by atoms with Crippen LogP contribution in [0.4, 0.5) is 0 Å². The topological polar surface area (TPSA) is 109 Å². The summed E-state index contributed by atoms with van der Waals surface area (Å²) in [5.41, 5.74) is 7.67. The van der Waals surface area contributed by atoms with Crippen LogP contribution in [0, 0.1) is 0 Å². The van der Waals surface area contributed by atoms with Crippen molar-refractivity contribution in [2.75, 3.05) is 13.6 Å². The Bertz CT molecular complexity index is 840. The summed E-state index contributed by atoms with van der Waals surface area (Å²) in [4.78, 5) is 28.8. The molecule has 30 heavy (non-hydrogen) atoms. The van der Waals surface area contributed by atoms with Crippen molar-refractivity contribution in [1.29, 1.82) is 0 Å². The zero-order valence-electron chi connectivity index (χ0n) is 18.7. The van der Waals surface area contributed by atoms with E-state index in [1.807, 2.05) is 65.2 Å². The number of aromatic amines is 1. The third-order valence-electron chi connectivity index (χ3n) is 5.13. The molecule has 7 heteroatoms. The quantitative estimate of drug-likeness (QED) is 0.352. The first kappa shape index (κ1) is 23.9. The highest BCUT2D eigenvalue weighted by atomic mass is 16.6. The summed E-state index contributed by atoms with van der Waals surface area (Å²) in [7, 11) is 1.89. The Labute approximate surface area is 179 Å². The highest BCUT2D eigenvalue weighted by Crippen LogP contribution is 2.27. The number of esters is 1. The second kappa shape index (κ2) is 10.6. The third-order valence-corrected chi connectivity index (χ3v) is 5.13. The van der Waals surface area contributed by atoms with Crippen LogP contribution in [0.5, 0.6) is 0 Å². The molecular formula is C23H36N4O3. The largest absolute Gasteiger partial charge is 0.458 e. The number of ether oxygens (including phenoxy) is 1. The van der Waals surface area contributed by atoms with Gasteiger partial charge in [0.15, 0.2) is 0 Å². The standard InChI is InChI=1S/C23H36N4O3/c1-15(17-14-26-18-11-7-6-10-16(17)18)20(24)21(28)27-19(12-8-9-13-25-5)22(29)30-23(2,3)4/h6-7,10-11,14-15,19-20,25-26H,8-9,12-13,24H2,1-5H3,(H,27,28). The van der Waals surface area contributed by atoms with E-state index in [1.54, 1.807) is 0 Å². The molecule has 0 spiro atoms. The molecule has 0 saturated carbocycles. The molecule has 0 aliphatic carbocycles. The summed E-state index contributed by atoms with van der Waals surface area (Å²) in [6, 6.07) is 6.41. The summed E-state index contributed by atoms with van der Waals surface area (Å²) >= 11 is 0. The number of rotatable bonds is 10. The van der Waals surface area contributed by atoms with Gasteiger partial charge in [0, 0.05) is 23.0 Å². The minimum absolute atomic E-state index is 0.218. The second-order valence-corrected chi connectivity index (χ2v) is 8.80. The van der Waals surface area contributed by atoms with Crippen molar-refractivity contribution in [3.63, 3.8) is 0 Å². The number of nitrogens with two attached hydrogens (primary N) is 1. The van der Waals surface area contributed by atoms with Gasteiger partial charge >= 0.3 is 5.97 Å². The maximum Gasteiger partial charge on any atom is 0.329 e. The molecule has 3 atom stereocenters. The number of benzene rings is 1. The Morgan fingerprint density at radius 2 is 1.90 bits per heavy atom. The zero-order chi connectivity index (χ0) is 22.3. The fourth-order valence-electron chi connectivity index (χ4n) is 3.43. The van der Waals surface area contributed by atoms with Crippen molar-refractivity contribution in [2.24, 2.45) is 5.73 Å². The van der Waals surface area contributed by atoms with Gasteiger partial charge in [0.1, 0.15) is 11.6 Å². The number of carbonyl (C=O) groups is 2. The minimum atomic E-state index is -0.786. The van der Waals surface area contributed by atoms with Crippen LogP contribution in [-0.2, 0) is 14.3 Å². The van der Waals surface area contributed by atoms with E-state index < -0.39 is 23.7 Å². The number of nitrogens with one attached hydrogen (secondary N) is 3. The number of hydrogen-bond donors (Lipinski definition) is 4. The smallest absolute Gasteiger partial charge is 0.329 e. The van der Waals surface area contributed by atoms with Crippen LogP contribution in [0.25, 0.3) is 10.9 Å². The molecule has 3 unspecified atom stereocenters. The summed E-state index contributed by atoms with van der Waals surface area (Å²) in [5, 5.41) is 6.97. The Hall–Kier alpha value is -2.38. The average molecular weight is 417 g/mol. The SMILES string of the molecule is CNCCCCC(NC(=O)C(N)C(C)c1c[nH]c2ccccc12)C(=O)OC(C)(C)C. The molecule has 1 aromatic heterocycles. The van der Waals surface area contributed by atoms with Gasteiger partial charge in [0.05, 0.1) is 6.04 Å². The number of carbonyl (C=O) groups excluding carboxylic acids is 2. The van der Waals surface area contributed by atoms with Crippen LogP contribution < -0.4 is 16.4 Å². The van der Waals surface area contributed by atoms with Crippen molar-refractivity contribution in [3.05, 3.63) is 36.0 Å². The molecule has 0 bridgehead atoms. The van der Waals surface area contributed by atoms with Crippen LogP contribution in [0.1, 0.15) is 58.4 Å². The van der Waals surface area contributed by atoms with E-state index in [9.17, 15) is 9.59 Å². The molecule has 5 N–H and O–H groups in total. The molecule has 2 aromatic rings. The molecule has 166 valence electrons. The number of aromatic nitrogens is 1. The maximum atomic E-state index is 12.9. The lowest BCUT2D eigenvalue weighted by Gasteiger charge is -2.26. The van der Waals surface area contributed by atoms with Crippen molar-refractivity contribution in [1.82, 2.24) is 15.6 Å². The van der Waals surface area contributed by atoms with Gasteiger partial charge in [-0.15, -0.1) is 0 Å². The van der Waals surface area contributed by atoms with Gasteiger partial charge in [-0.1, -0.05) is 25.1 Å². The highest BCUT2D eigenvalue weighted by molar-refractivity contribution is 5.90. The Morgan fingerprint density at radius 1 is 1.20 bits per heavy atom. The molecule has 7 nitrogen and oxygen atoms in total. The van der Waals surface area contributed by atoms with Crippen LogP contribution in [0.3, 0.4) is 0 Å². The summed E-state index contributed by atoms with van der Waals surface area (Å²) in [6.45, 7) is 8.22. The Morgan fingerprint density at radius 3 is 2.57 bits per heavy atom. The van der Waals surface area contributed by atoms with Crippen molar-refractivity contribution >= 4 is 22.8 Å². The molecule has 2 rings (SSSR count). The predicted octanol–water partition coefficient (Wildman–Crippen LogP) is 2.81. The molecule has 1 amide bonds. The molecule has 0 radical (unpaired) electrons. The minimum Gasteiger partial charge on any atom is -0.458 e. The number of H-pyrrole nitrogens is 1. The first-order chi connectivity index (χ1) is 14.1. The predicted molar refractivity (Wildman–Crippen MR) is 120 cm³/mol. The average Bonchev–Trinajstić information content (AvgIpc) is 3.11.